The lowest BCUT2D eigenvalue weighted by Gasteiger charge is -2.29. The zero-order valence-corrected chi connectivity index (χ0v) is 19.3. The van der Waals surface area contributed by atoms with E-state index in [0.29, 0.717) is 41.0 Å². The number of H-pyrrole nitrogens is 2. The lowest BCUT2D eigenvalue weighted by Crippen LogP contribution is -2.40. The van der Waals surface area contributed by atoms with Crippen molar-refractivity contribution in [3.05, 3.63) is 77.5 Å². The Balaban J connectivity index is 1.34. The van der Waals surface area contributed by atoms with Crippen LogP contribution in [0.4, 0.5) is 5.95 Å². The second-order valence-corrected chi connectivity index (χ2v) is 8.79. The van der Waals surface area contributed by atoms with E-state index in [4.69, 9.17) is 14.5 Å². The third-order valence-corrected chi connectivity index (χ3v) is 6.50. The van der Waals surface area contributed by atoms with Crippen molar-refractivity contribution >= 4 is 38.8 Å². The van der Waals surface area contributed by atoms with E-state index >= 15 is 0 Å². The zero-order valence-electron chi connectivity index (χ0n) is 19.3. The summed E-state index contributed by atoms with van der Waals surface area (Å²) in [6.07, 6.45) is 4.99. The summed E-state index contributed by atoms with van der Waals surface area (Å²) in [6, 6.07) is 15.4. The van der Waals surface area contributed by atoms with Crippen LogP contribution in [0.5, 0.6) is 11.5 Å². The Labute approximate surface area is 204 Å². The number of para-hydroxylation sites is 2. The molecule has 1 aliphatic rings. The van der Waals surface area contributed by atoms with Crippen LogP contribution < -0.4 is 19.9 Å². The highest BCUT2D eigenvalue weighted by Gasteiger charge is 2.24. The number of likely N-dealkylation sites (N-methyl/N-ethyl adjacent to an activating group) is 1. The van der Waals surface area contributed by atoms with E-state index in [9.17, 15) is 4.79 Å². The van der Waals surface area contributed by atoms with Gasteiger partial charge in [0.2, 0.25) is 5.95 Å². The summed E-state index contributed by atoms with van der Waals surface area (Å²) in [5.74, 6) is 1.93. The summed E-state index contributed by atoms with van der Waals surface area (Å²) in [7, 11) is 1.90. The molecule has 1 atom stereocenters. The van der Waals surface area contributed by atoms with E-state index in [2.05, 4.69) is 20.2 Å². The van der Waals surface area contributed by atoms with Gasteiger partial charge in [-0.15, -0.1) is 0 Å². The van der Waals surface area contributed by atoms with Gasteiger partial charge in [0.1, 0.15) is 12.1 Å². The molecule has 10 heteroatoms. The number of aromatic amines is 2. The van der Waals surface area contributed by atoms with Crippen LogP contribution in [0.2, 0.25) is 0 Å². The Morgan fingerprint density at radius 3 is 2.89 bits per heavy atom. The fraction of sp³-hybridized carbons (Fsp3) is 0.154. The average molecular weight is 480 g/mol. The second kappa shape index (κ2) is 7.84. The first-order chi connectivity index (χ1) is 17.7. The van der Waals surface area contributed by atoms with Crippen LogP contribution in [0.1, 0.15) is 0 Å². The summed E-state index contributed by atoms with van der Waals surface area (Å²) >= 11 is 0. The highest BCUT2D eigenvalue weighted by molar-refractivity contribution is 6.03. The standard InChI is InChI=1S/C26H21N7O3/c1-32(13-15-14-35-21-7-2-3-8-22(21)36-15)26-28-11-17-23-18(12-29-31-23)25(34)33(24(17)30-26)20-6-4-5-19-16(20)9-10-27-19/h2-12,15,27H,13-14H2,1H3,(H,29,31). The maximum atomic E-state index is 13.7. The molecule has 2 aromatic carbocycles. The monoisotopic (exact) mass is 479 g/mol. The number of aromatic nitrogens is 6. The molecular weight excluding hydrogens is 458 g/mol. The quantitative estimate of drug-likeness (QED) is 0.398. The summed E-state index contributed by atoms with van der Waals surface area (Å²) in [6.45, 7) is 0.922. The summed E-state index contributed by atoms with van der Waals surface area (Å²) in [4.78, 5) is 28.2. The molecule has 2 N–H and O–H groups in total. The average Bonchev–Trinajstić information content (AvgIpc) is 3.59. The molecule has 1 unspecified atom stereocenters. The van der Waals surface area contributed by atoms with Crippen molar-refractivity contribution < 1.29 is 9.47 Å². The molecule has 36 heavy (non-hydrogen) atoms. The zero-order chi connectivity index (χ0) is 24.2. The van der Waals surface area contributed by atoms with Gasteiger partial charge in [-0.3, -0.25) is 14.5 Å². The highest BCUT2D eigenvalue weighted by Crippen LogP contribution is 2.31. The van der Waals surface area contributed by atoms with Crippen molar-refractivity contribution in [2.45, 2.75) is 6.10 Å². The van der Waals surface area contributed by atoms with Gasteiger partial charge < -0.3 is 19.4 Å². The molecule has 5 heterocycles. The molecule has 7 rings (SSSR count). The molecule has 0 spiro atoms. The maximum Gasteiger partial charge on any atom is 0.267 e. The fourth-order valence-electron chi connectivity index (χ4n) is 4.79. The molecule has 1 aliphatic heterocycles. The Kier molecular flexibility index (Phi) is 4.47. The molecule has 0 radical (unpaired) electrons. The van der Waals surface area contributed by atoms with E-state index < -0.39 is 0 Å². The molecule has 4 aromatic heterocycles. The number of benzene rings is 2. The molecular formula is C26H21N7O3. The summed E-state index contributed by atoms with van der Waals surface area (Å²) in [5.41, 5.74) is 2.49. The summed E-state index contributed by atoms with van der Waals surface area (Å²) < 4.78 is 13.6. The van der Waals surface area contributed by atoms with Crippen LogP contribution in [-0.2, 0) is 0 Å². The van der Waals surface area contributed by atoms with Gasteiger partial charge in [-0.05, 0) is 30.3 Å². The normalized spacial score (nSPS) is 15.1. The Bertz CT molecular complexity index is 1820. The minimum absolute atomic E-state index is 0.200. The molecule has 0 saturated carbocycles. The summed E-state index contributed by atoms with van der Waals surface area (Å²) in [5, 5.41) is 9.21. The second-order valence-electron chi connectivity index (χ2n) is 8.79. The van der Waals surface area contributed by atoms with E-state index in [0.717, 1.165) is 28.1 Å². The SMILES string of the molecule is CN(CC1COc2ccccc2O1)c1ncc2c3n[nH]cc3c(=O)n(-c3cccc4[nH]ccc34)c2n1. The molecule has 0 saturated heterocycles. The van der Waals surface area contributed by atoms with Crippen LogP contribution in [0.15, 0.2) is 71.9 Å². The van der Waals surface area contributed by atoms with E-state index in [-0.39, 0.29) is 11.7 Å². The van der Waals surface area contributed by atoms with Crippen molar-refractivity contribution in [1.29, 1.82) is 0 Å². The third kappa shape index (κ3) is 3.11. The number of nitrogens with zero attached hydrogens (tertiary/aromatic N) is 5. The molecule has 178 valence electrons. The van der Waals surface area contributed by atoms with Gasteiger partial charge in [-0.25, -0.2) is 4.98 Å². The lowest BCUT2D eigenvalue weighted by molar-refractivity contribution is 0.0958. The number of nitrogens with one attached hydrogen (secondary N) is 2. The van der Waals surface area contributed by atoms with Gasteiger partial charge >= 0.3 is 0 Å². The number of fused-ring (bicyclic) bond motifs is 5. The smallest absolute Gasteiger partial charge is 0.267 e. The first-order valence-electron chi connectivity index (χ1n) is 11.6. The Morgan fingerprint density at radius 2 is 1.97 bits per heavy atom. The topological polar surface area (TPSA) is 114 Å². The molecule has 10 nitrogen and oxygen atoms in total. The van der Waals surface area contributed by atoms with Crippen molar-refractivity contribution in [2.75, 3.05) is 25.1 Å². The van der Waals surface area contributed by atoms with Crippen molar-refractivity contribution in [1.82, 2.24) is 29.7 Å². The number of hydrogen-bond acceptors (Lipinski definition) is 7. The minimum Gasteiger partial charge on any atom is -0.486 e. The van der Waals surface area contributed by atoms with Crippen LogP contribution in [-0.4, -0.2) is 56.0 Å². The van der Waals surface area contributed by atoms with E-state index in [1.807, 2.05) is 66.7 Å². The molecule has 0 fully saturated rings. The van der Waals surface area contributed by atoms with Crippen molar-refractivity contribution in [3.8, 4) is 17.2 Å². The largest absolute Gasteiger partial charge is 0.486 e. The van der Waals surface area contributed by atoms with Gasteiger partial charge in [0.15, 0.2) is 23.3 Å². The van der Waals surface area contributed by atoms with Crippen molar-refractivity contribution in [2.24, 2.45) is 0 Å². The molecule has 0 aliphatic carbocycles. The van der Waals surface area contributed by atoms with E-state index in [1.54, 1.807) is 17.0 Å². The Morgan fingerprint density at radius 1 is 1.08 bits per heavy atom. The Hall–Kier alpha value is -4.86. The lowest BCUT2D eigenvalue weighted by atomic mass is 10.2. The number of rotatable bonds is 4. The maximum absolute atomic E-state index is 13.7. The molecule has 6 aromatic rings. The van der Waals surface area contributed by atoms with Crippen molar-refractivity contribution in [3.63, 3.8) is 0 Å². The number of anilines is 1. The first-order valence-corrected chi connectivity index (χ1v) is 11.6. The molecule has 0 amide bonds. The number of pyridine rings is 1. The van der Waals surface area contributed by atoms with E-state index in [1.165, 1.54) is 0 Å². The third-order valence-electron chi connectivity index (χ3n) is 6.50. The van der Waals surface area contributed by atoms with Gasteiger partial charge in [0.05, 0.1) is 23.0 Å². The van der Waals surface area contributed by atoms with Crippen LogP contribution >= 0.6 is 0 Å². The number of hydrogen-bond donors (Lipinski definition) is 2. The predicted octanol–water partition coefficient (Wildman–Crippen LogP) is 3.41. The first kappa shape index (κ1) is 20.5. The van der Waals surface area contributed by atoms with Gasteiger partial charge in [-0.1, -0.05) is 18.2 Å². The van der Waals surface area contributed by atoms with Gasteiger partial charge in [-0.2, -0.15) is 10.1 Å². The van der Waals surface area contributed by atoms with Crippen LogP contribution in [0, 0.1) is 0 Å². The van der Waals surface area contributed by atoms with Crippen LogP contribution in [0.25, 0.3) is 38.5 Å². The predicted molar refractivity (Wildman–Crippen MR) is 136 cm³/mol. The van der Waals surface area contributed by atoms with Gasteiger partial charge in [0.25, 0.3) is 5.56 Å². The fourth-order valence-corrected chi connectivity index (χ4v) is 4.79. The van der Waals surface area contributed by atoms with Gasteiger partial charge in [0, 0.05) is 36.5 Å². The number of ether oxygens (including phenoxy) is 2. The highest BCUT2D eigenvalue weighted by atomic mass is 16.6. The minimum atomic E-state index is -0.201. The van der Waals surface area contributed by atoms with Crippen LogP contribution in [0.3, 0.4) is 0 Å². The molecule has 0 bridgehead atoms.